The number of anilines is 1. The highest BCUT2D eigenvalue weighted by Crippen LogP contribution is 2.18. The molecule has 1 heterocycles. The summed E-state index contributed by atoms with van der Waals surface area (Å²) in [5.41, 5.74) is 2.18. The lowest BCUT2D eigenvalue weighted by molar-refractivity contribution is 0.552. The first-order valence-corrected chi connectivity index (χ1v) is 6.82. The van der Waals surface area contributed by atoms with Crippen LogP contribution in [0.4, 0.5) is 5.69 Å². The van der Waals surface area contributed by atoms with E-state index in [1.165, 1.54) is 5.69 Å². The van der Waals surface area contributed by atoms with Gasteiger partial charge in [0.05, 0.1) is 11.6 Å². The molecule has 0 saturated heterocycles. The molecule has 1 rings (SSSR count). The van der Waals surface area contributed by atoms with Crippen molar-refractivity contribution < 1.29 is 0 Å². The smallest absolute Gasteiger partial charge is 0.0648 e. The van der Waals surface area contributed by atoms with Gasteiger partial charge in [0.25, 0.3) is 0 Å². The van der Waals surface area contributed by atoms with E-state index in [4.69, 9.17) is 11.6 Å². The number of hydrogen-bond acceptors (Lipinski definition) is 2. The molecule has 0 aliphatic heterocycles. The molecule has 0 fully saturated rings. The molecule has 0 aliphatic rings. The lowest BCUT2D eigenvalue weighted by Crippen LogP contribution is -2.31. The van der Waals surface area contributed by atoms with E-state index in [1.807, 2.05) is 6.20 Å². The molecule has 96 valence electrons. The largest absolute Gasteiger partial charge is 0.371 e. The summed E-state index contributed by atoms with van der Waals surface area (Å²) in [4.78, 5) is 6.66. The minimum Gasteiger partial charge on any atom is -0.371 e. The summed E-state index contributed by atoms with van der Waals surface area (Å²) in [6.07, 6.45) is 1.85. The summed E-state index contributed by atoms with van der Waals surface area (Å²) in [6.45, 7) is 11.1. The van der Waals surface area contributed by atoms with Crippen LogP contribution in [0.5, 0.6) is 0 Å². The van der Waals surface area contributed by atoms with Crippen LogP contribution in [0.25, 0.3) is 0 Å². The van der Waals surface area contributed by atoms with Gasteiger partial charge in [-0.25, -0.2) is 0 Å². The van der Waals surface area contributed by atoms with E-state index in [-0.39, 0.29) is 0 Å². The summed E-state index contributed by atoms with van der Waals surface area (Å²) in [5.74, 6) is 1.79. The number of pyridine rings is 1. The maximum absolute atomic E-state index is 5.83. The summed E-state index contributed by atoms with van der Waals surface area (Å²) < 4.78 is 0. The molecule has 0 aliphatic carbocycles. The Balaban J connectivity index is 2.86. The molecule has 0 spiro atoms. The van der Waals surface area contributed by atoms with Crippen molar-refractivity contribution in [2.75, 3.05) is 18.0 Å². The van der Waals surface area contributed by atoms with E-state index >= 15 is 0 Å². The van der Waals surface area contributed by atoms with Crippen molar-refractivity contribution in [1.29, 1.82) is 0 Å². The maximum atomic E-state index is 5.83. The predicted octanol–water partition coefficient (Wildman–Crippen LogP) is 3.94. The van der Waals surface area contributed by atoms with Crippen molar-refractivity contribution in [3.8, 4) is 0 Å². The van der Waals surface area contributed by atoms with E-state index in [0.29, 0.717) is 17.7 Å². The Labute approximate surface area is 110 Å². The van der Waals surface area contributed by atoms with Crippen LogP contribution in [0, 0.1) is 11.8 Å². The first-order valence-electron chi connectivity index (χ1n) is 6.28. The van der Waals surface area contributed by atoms with Gasteiger partial charge in [-0.15, -0.1) is 11.6 Å². The Kier molecular flexibility index (Phi) is 5.76. The summed E-state index contributed by atoms with van der Waals surface area (Å²) in [7, 11) is 0. The Hall–Kier alpha value is -0.760. The van der Waals surface area contributed by atoms with Gasteiger partial charge in [0.15, 0.2) is 0 Å². The number of halogens is 1. The monoisotopic (exact) mass is 254 g/mol. The molecule has 0 unspecified atom stereocenters. The molecule has 0 amide bonds. The number of aromatic nitrogens is 1. The zero-order chi connectivity index (χ0) is 12.8. The molecule has 1 aromatic rings. The maximum Gasteiger partial charge on any atom is 0.0648 e. The van der Waals surface area contributed by atoms with Gasteiger partial charge in [-0.3, -0.25) is 4.98 Å². The van der Waals surface area contributed by atoms with Crippen molar-refractivity contribution in [3.63, 3.8) is 0 Å². The summed E-state index contributed by atoms with van der Waals surface area (Å²) in [5, 5.41) is 0. The Bertz CT molecular complexity index is 327. The topological polar surface area (TPSA) is 16.1 Å². The fourth-order valence-electron chi connectivity index (χ4n) is 1.90. The molecule has 2 nitrogen and oxygen atoms in total. The molecule has 0 aromatic carbocycles. The molecule has 0 saturated carbocycles. The van der Waals surface area contributed by atoms with Crippen molar-refractivity contribution in [3.05, 3.63) is 24.0 Å². The number of alkyl halides is 1. The van der Waals surface area contributed by atoms with Gasteiger partial charge in [0, 0.05) is 25.0 Å². The Morgan fingerprint density at radius 1 is 1.18 bits per heavy atom. The molecular weight excluding hydrogens is 232 g/mol. The lowest BCUT2D eigenvalue weighted by Gasteiger charge is -2.28. The highest BCUT2D eigenvalue weighted by atomic mass is 35.5. The van der Waals surface area contributed by atoms with Crippen LogP contribution in [0.2, 0.25) is 0 Å². The second kappa shape index (κ2) is 6.85. The second-order valence-electron chi connectivity index (χ2n) is 5.33. The molecule has 0 radical (unpaired) electrons. The normalized spacial score (nSPS) is 11.2. The average molecular weight is 255 g/mol. The van der Waals surface area contributed by atoms with Crippen molar-refractivity contribution in [1.82, 2.24) is 4.98 Å². The van der Waals surface area contributed by atoms with Gasteiger partial charge in [-0.1, -0.05) is 27.7 Å². The molecular formula is C14H23ClN2. The van der Waals surface area contributed by atoms with Crippen LogP contribution in [-0.2, 0) is 5.88 Å². The van der Waals surface area contributed by atoms with Crippen molar-refractivity contribution >= 4 is 17.3 Å². The fraction of sp³-hybridized carbons (Fsp3) is 0.643. The minimum atomic E-state index is 0.477. The number of hydrogen-bond donors (Lipinski definition) is 0. The van der Waals surface area contributed by atoms with Gasteiger partial charge >= 0.3 is 0 Å². The Morgan fingerprint density at radius 2 is 1.76 bits per heavy atom. The molecule has 17 heavy (non-hydrogen) atoms. The summed E-state index contributed by atoms with van der Waals surface area (Å²) in [6, 6.07) is 4.17. The first-order chi connectivity index (χ1) is 8.02. The standard InChI is InChI=1S/C14H23ClN2/c1-11(2)9-17(10-12(3)4)14-5-6-16-13(7-14)8-15/h5-7,11-12H,8-10H2,1-4H3. The zero-order valence-corrected chi connectivity index (χ0v) is 12.0. The van der Waals surface area contributed by atoms with Crippen LogP contribution < -0.4 is 4.90 Å². The van der Waals surface area contributed by atoms with Gasteiger partial charge in [-0.05, 0) is 24.0 Å². The lowest BCUT2D eigenvalue weighted by atomic mass is 10.1. The second-order valence-corrected chi connectivity index (χ2v) is 5.60. The van der Waals surface area contributed by atoms with Gasteiger partial charge in [0.2, 0.25) is 0 Å². The quantitative estimate of drug-likeness (QED) is 0.715. The molecule has 0 atom stereocenters. The van der Waals surface area contributed by atoms with Crippen LogP contribution >= 0.6 is 11.6 Å². The van der Waals surface area contributed by atoms with Crippen molar-refractivity contribution in [2.24, 2.45) is 11.8 Å². The SMILES string of the molecule is CC(C)CN(CC(C)C)c1ccnc(CCl)c1. The number of rotatable bonds is 6. The first kappa shape index (κ1) is 14.3. The van der Waals surface area contributed by atoms with Gasteiger partial charge in [0.1, 0.15) is 0 Å². The van der Waals surface area contributed by atoms with Crippen LogP contribution in [0.1, 0.15) is 33.4 Å². The average Bonchev–Trinajstić information content (AvgIpc) is 2.27. The van der Waals surface area contributed by atoms with Crippen LogP contribution in [-0.4, -0.2) is 18.1 Å². The van der Waals surface area contributed by atoms with E-state index in [2.05, 4.69) is 49.7 Å². The van der Waals surface area contributed by atoms with Crippen LogP contribution in [0.15, 0.2) is 18.3 Å². The predicted molar refractivity (Wildman–Crippen MR) is 75.7 cm³/mol. The highest BCUT2D eigenvalue weighted by molar-refractivity contribution is 6.16. The number of nitrogens with zero attached hydrogens (tertiary/aromatic N) is 2. The minimum absolute atomic E-state index is 0.477. The van der Waals surface area contributed by atoms with E-state index in [0.717, 1.165) is 18.8 Å². The fourth-order valence-corrected chi connectivity index (χ4v) is 2.05. The molecule has 0 N–H and O–H groups in total. The Morgan fingerprint density at radius 3 is 2.24 bits per heavy atom. The van der Waals surface area contributed by atoms with Gasteiger partial charge in [-0.2, -0.15) is 0 Å². The summed E-state index contributed by atoms with van der Waals surface area (Å²) >= 11 is 5.83. The van der Waals surface area contributed by atoms with E-state index in [1.54, 1.807) is 0 Å². The van der Waals surface area contributed by atoms with E-state index < -0.39 is 0 Å². The third-order valence-corrected chi connectivity index (χ3v) is 2.75. The zero-order valence-electron chi connectivity index (χ0n) is 11.3. The molecule has 1 aromatic heterocycles. The van der Waals surface area contributed by atoms with Crippen LogP contribution in [0.3, 0.4) is 0 Å². The molecule has 3 heteroatoms. The van der Waals surface area contributed by atoms with E-state index in [9.17, 15) is 0 Å². The highest BCUT2D eigenvalue weighted by Gasteiger charge is 2.11. The van der Waals surface area contributed by atoms with Gasteiger partial charge < -0.3 is 4.90 Å². The van der Waals surface area contributed by atoms with Crippen molar-refractivity contribution in [2.45, 2.75) is 33.6 Å². The third-order valence-electron chi connectivity index (χ3n) is 2.47. The third kappa shape index (κ3) is 4.95. The molecule has 0 bridgehead atoms.